The maximum absolute atomic E-state index is 12.0. The van der Waals surface area contributed by atoms with Gasteiger partial charge in [-0.2, -0.15) is 0 Å². The Labute approximate surface area is 141 Å². The Kier molecular flexibility index (Phi) is 6.90. The largest absolute Gasteiger partial charge is 0.383 e. The highest BCUT2D eigenvalue weighted by Gasteiger charge is 2.10. The first kappa shape index (κ1) is 17.3. The fourth-order valence-electron chi connectivity index (χ4n) is 2.17. The van der Waals surface area contributed by atoms with Gasteiger partial charge in [0.25, 0.3) is 0 Å². The van der Waals surface area contributed by atoms with Crippen LogP contribution in [0.3, 0.4) is 0 Å². The first-order valence-corrected chi connectivity index (χ1v) is 8.47. The lowest BCUT2D eigenvalue weighted by molar-refractivity contribution is 0.210. The van der Waals surface area contributed by atoms with Crippen LogP contribution in [0, 0.1) is 0 Å². The van der Waals surface area contributed by atoms with Gasteiger partial charge < -0.3 is 20.7 Å². The number of rotatable bonds is 8. The maximum Gasteiger partial charge on any atom is 0.315 e. The summed E-state index contributed by atoms with van der Waals surface area (Å²) in [5.41, 5.74) is 2.05. The molecule has 2 rings (SSSR count). The number of amides is 2. The summed E-state index contributed by atoms with van der Waals surface area (Å²) in [7, 11) is 1.67. The van der Waals surface area contributed by atoms with Crippen LogP contribution in [-0.2, 0) is 11.3 Å². The molecule has 0 fully saturated rings. The second kappa shape index (κ2) is 9.17. The molecule has 0 saturated heterocycles. The van der Waals surface area contributed by atoms with Crippen molar-refractivity contribution in [2.24, 2.45) is 0 Å². The predicted molar refractivity (Wildman–Crippen MR) is 94.9 cm³/mol. The fraction of sp³-hybridized carbons (Fsp3) is 0.353. The highest BCUT2D eigenvalue weighted by atomic mass is 32.1. The van der Waals surface area contributed by atoms with E-state index in [-0.39, 0.29) is 12.1 Å². The molecule has 23 heavy (non-hydrogen) atoms. The first-order valence-electron chi connectivity index (χ1n) is 7.59. The monoisotopic (exact) mass is 333 g/mol. The lowest BCUT2D eigenvalue weighted by Gasteiger charge is -2.15. The van der Waals surface area contributed by atoms with Crippen LogP contribution in [0.2, 0.25) is 0 Å². The molecule has 0 aliphatic rings. The van der Waals surface area contributed by atoms with Crippen LogP contribution in [0.5, 0.6) is 0 Å². The summed E-state index contributed by atoms with van der Waals surface area (Å²) >= 11 is 1.64. The van der Waals surface area contributed by atoms with Crippen molar-refractivity contribution in [3.8, 4) is 0 Å². The van der Waals surface area contributed by atoms with E-state index >= 15 is 0 Å². The lowest BCUT2D eigenvalue weighted by atomic mass is 10.1. The molecule has 1 atom stereocenters. The van der Waals surface area contributed by atoms with Crippen LogP contribution >= 0.6 is 11.3 Å². The Morgan fingerprint density at radius 3 is 2.83 bits per heavy atom. The molecule has 6 heteroatoms. The van der Waals surface area contributed by atoms with Crippen molar-refractivity contribution >= 4 is 23.1 Å². The average molecular weight is 333 g/mol. The van der Waals surface area contributed by atoms with Gasteiger partial charge in [0, 0.05) is 30.8 Å². The molecule has 124 valence electrons. The van der Waals surface area contributed by atoms with E-state index in [0.29, 0.717) is 13.2 Å². The third kappa shape index (κ3) is 5.58. The number of anilines is 1. The second-order valence-electron chi connectivity index (χ2n) is 5.14. The number of thiophene rings is 1. The van der Waals surface area contributed by atoms with Crippen molar-refractivity contribution in [3.63, 3.8) is 0 Å². The molecule has 3 N–H and O–H groups in total. The van der Waals surface area contributed by atoms with Crippen LogP contribution in [0.25, 0.3) is 0 Å². The van der Waals surface area contributed by atoms with Crippen LogP contribution < -0.4 is 16.0 Å². The zero-order valence-electron chi connectivity index (χ0n) is 13.5. The molecule has 0 bridgehead atoms. The van der Waals surface area contributed by atoms with E-state index in [1.165, 1.54) is 0 Å². The van der Waals surface area contributed by atoms with Gasteiger partial charge in [-0.1, -0.05) is 24.3 Å². The van der Waals surface area contributed by atoms with Gasteiger partial charge in [-0.15, -0.1) is 11.3 Å². The molecule has 0 spiro atoms. The number of nitrogens with one attached hydrogen (secondary N) is 3. The number of carbonyl (C=O) groups is 1. The Hall–Kier alpha value is -2.05. The van der Waals surface area contributed by atoms with Crippen LogP contribution in [0.4, 0.5) is 10.5 Å². The molecular formula is C17H23N3O2S. The molecule has 2 aromatic rings. The highest BCUT2D eigenvalue weighted by Crippen LogP contribution is 2.18. The first-order chi connectivity index (χ1) is 11.2. The quantitative estimate of drug-likeness (QED) is 0.649. The maximum atomic E-state index is 12.0. The van der Waals surface area contributed by atoms with E-state index in [4.69, 9.17) is 4.74 Å². The molecule has 1 aromatic heterocycles. The molecule has 0 aliphatic heterocycles. The number of urea groups is 1. The van der Waals surface area contributed by atoms with Crippen molar-refractivity contribution in [2.75, 3.05) is 25.6 Å². The molecule has 1 aromatic carbocycles. The molecule has 1 heterocycles. The number of hydrogen-bond acceptors (Lipinski definition) is 4. The summed E-state index contributed by atoms with van der Waals surface area (Å²) in [6, 6.07) is 11.8. The number of ether oxygens (including phenoxy) is 1. The zero-order chi connectivity index (χ0) is 16.5. The van der Waals surface area contributed by atoms with Gasteiger partial charge in [0.05, 0.1) is 12.6 Å². The Morgan fingerprint density at radius 1 is 1.26 bits per heavy atom. The standard InChI is InChI=1S/C17H23N3O2S/c1-13(16-8-5-11-23-16)20-17(21)19-12-14-6-3-4-7-15(14)18-9-10-22-2/h3-8,11,13,18H,9-10,12H2,1-2H3,(H2,19,20,21)/t13-/m1/s1. The molecular weight excluding hydrogens is 310 g/mol. The predicted octanol–water partition coefficient (Wildman–Crippen LogP) is 3.37. The molecule has 0 unspecified atom stereocenters. The average Bonchev–Trinajstić information content (AvgIpc) is 3.09. The number of methoxy groups -OCH3 is 1. The Bertz CT molecular complexity index is 602. The molecule has 2 amide bonds. The van der Waals surface area contributed by atoms with Crippen molar-refractivity contribution in [1.82, 2.24) is 10.6 Å². The number of para-hydroxylation sites is 1. The smallest absolute Gasteiger partial charge is 0.315 e. The third-order valence-corrected chi connectivity index (χ3v) is 4.45. The molecule has 0 radical (unpaired) electrons. The summed E-state index contributed by atoms with van der Waals surface area (Å²) < 4.78 is 5.04. The van der Waals surface area contributed by atoms with Gasteiger partial charge in [0.15, 0.2) is 0 Å². The van der Waals surface area contributed by atoms with Gasteiger partial charge in [-0.3, -0.25) is 0 Å². The van der Waals surface area contributed by atoms with Gasteiger partial charge in [0.1, 0.15) is 0 Å². The Balaban J connectivity index is 1.84. The summed E-state index contributed by atoms with van der Waals surface area (Å²) in [6.45, 7) is 3.82. The lowest BCUT2D eigenvalue weighted by Crippen LogP contribution is -2.36. The number of carbonyl (C=O) groups excluding carboxylic acids is 1. The van der Waals surface area contributed by atoms with E-state index in [2.05, 4.69) is 16.0 Å². The summed E-state index contributed by atoms with van der Waals surface area (Å²) in [4.78, 5) is 13.2. The van der Waals surface area contributed by atoms with Gasteiger partial charge in [0.2, 0.25) is 0 Å². The van der Waals surface area contributed by atoms with Gasteiger partial charge in [-0.25, -0.2) is 4.79 Å². The van der Waals surface area contributed by atoms with Crippen molar-refractivity contribution < 1.29 is 9.53 Å². The van der Waals surface area contributed by atoms with E-state index in [1.807, 2.05) is 48.7 Å². The SMILES string of the molecule is COCCNc1ccccc1CNC(=O)N[C@H](C)c1cccs1. The topological polar surface area (TPSA) is 62.4 Å². The van der Waals surface area contributed by atoms with Crippen LogP contribution in [0.1, 0.15) is 23.4 Å². The minimum Gasteiger partial charge on any atom is -0.383 e. The van der Waals surface area contributed by atoms with E-state index < -0.39 is 0 Å². The van der Waals surface area contributed by atoms with E-state index in [1.54, 1.807) is 18.4 Å². The highest BCUT2D eigenvalue weighted by molar-refractivity contribution is 7.10. The molecule has 5 nitrogen and oxygen atoms in total. The minimum absolute atomic E-state index is 0.00470. The number of benzene rings is 1. The minimum atomic E-state index is -0.169. The van der Waals surface area contributed by atoms with Gasteiger partial charge >= 0.3 is 6.03 Å². The number of hydrogen-bond donors (Lipinski definition) is 3. The second-order valence-corrected chi connectivity index (χ2v) is 6.12. The summed E-state index contributed by atoms with van der Waals surface area (Å²) in [5, 5.41) is 11.2. The Morgan fingerprint density at radius 2 is 2.09 bits per heavy atom. The van der Waals surface area contributed by atoms with Crippen molar-refractivity contribution in [1.29, 1.82) is 0 Å². The summed E-state index contributed by atoms with van der Waals surface area (Å²) in [5.74, 6) is 0. The van der Waals surface area contributed by atoms with E-state index in [9.17, 15) is 4.79 Å². The van der Waals surface area contributed by atoms with Crippen LogP contribution in [-0.4, -0.2) is 26.3 Å². The van der Waals surface area contributed by atoms with Crippen molar-refractivity contribution in [2.45, 2.75) is 19.5 Å². The third-order valence-electron chi connectivity index (χ3n) is 3.40. The summed E-state index contributed by atoms with van der Waals surface area (Å²) in [6.07, 6.45) is 0. The van der Waals surface area contributed by atoms with Gasteiger partial charge in [-0.05, 0) is 30.0 Å². The normalized spacial score (nSPS) is 11.7. The van der Waals surface area contributed by atoms with Crippen molar-refractivity contribution in [3.05, 3.63) is 52.2 Å². The zero-order valence-corrected chi connectivity index (χ0v) is 14.3. The van der Waals surface area contributed by atoms with E-state index in [0.717, 1.165) is 22.7 Å². The fourth-order valence-corrected chi connectivity index (χ4v) is 2.90. The molecule has 0 saturated carbocycles. The molecule has 0 aliphatic carbocycles. The van der Waals surface area contributed by atoms with Crippen LogP contribution in [0.15, 0.2) is 41.8 Å².